The van der Waals surface area contributed by atoms with E-state index in [0.717, 1.165) is 11.8 Å². The van der Waals surface area contributed by atoms with Crippen molar-refractivity contribution in [3.63, 3.8) is 0 Å². The van der Waals surface area contributed by atoms with Gasteiger partial charge in [0.05, 0.1) is 10.6 Å². The van der Waals surface area contributed by atoms with Gasteiger partial charge < -0.3 is 4.90 Å². The molecule has 0 radical (unpaired) electrons. The number of sulfonamides is 1. The van der Waals surface area contributed by atoms with E-state index in [1.165, 1.54) is 24.3 Å². The molecule has 3 aromatic rings. The van der Waals surface area contributed by atoms with Crippen LogP contribution in [0, 0.1) is 0 Å². The summed E-state index contributed by atoms with van der Waals surface area (Å²) in [5, 5.41) is 3.45. The Balaban J connectivity index is 2.09. The van der Waals surface area contributed by atoms with Gasteiger partial charge in [-0.05, 0) is 37.3 Å². The molecule has 1 aromatic heterocycles. The van der Waals surface area contributed by atoms with Gasteiger partial charge in [0.1, 0.15) is 0 Å². The van der Waals surface area contributed by atoms with E-state index in [-0.39, 0.29) is 10.6 Å². The second-order valence-electron chi connectivity index (χ2n) is 6.30. The molecule has 0 bridgehead atoms. The summed E-state index contributed by atoms with van der Waals surface area (Å²) in [6.45, 7) is 2.63. The van der Waals surface area contributed by atoms with Gasteiger partial charge in [-0.15, -0.1) is 5.10 Å². The van der Waals surface area contributed by atoms with Crippen molar-refractivity contribution in [1.29, 1.82) is 0 Å². The van der Waals surface area contributed by atoms with Gasteiger partial charge in [-0.3, -0.25) is 0 Å². The van der Waals surface area contributed by atoms with Gasteiger partial charge in [0.25, 0.3) is 10.0 Å². The van der Waals surface area contributed by atoms with Gasteiger partial charge in [-0.25, -0.2) is 0 Å². The lowest BCUT2D eigenvalue weighted by Gasteiger charge is -2.18. The molecule has 10 heteroatoms. The number of alkyl halides is 3. The molecule has 0 aliphatic heterocycles. The molecule has 6 nitrogen and oxygen atoms in total. The number of halogens is 3. The predicted octanol–water partition coefficient (Wildman–Crippen LogP) is 3.96. The van der Waals surface area contributed by atoms with E-state index in [1.807, 2.05) is 24.9 Å². The molecule has 1 heterocycles. The average Bonchev–Trinajstić information content (AvgIpc) is 3.11. The molecule has 154 valence electrons. The highest BCUT2D eigenvalue weighted by atomic mass is 32.2. The number of rotatable bonds is 6. The van der Waals surface area contributed by atoms with Crippen LogP contribution in [0.1, 0.15) is 12.6 Å². The Morgan fingerprint density at radius 2 is 1.76 bits per heavy atom. The van der Waals surface area contributed by atoms with Crippen LogP contribution in [0.2, 0.25) is 0 Å². The zero-order chi connectivity index (χ0) is 21.2. The SMILES string of the molecule is CCN(C)c1cccc(-c2cc(C(F)(F)F)nn2NS(=O)(=O)c2ccccc2)c1. The van der Waals surface area contributed by atoms with Crippen LogP contribution in [0.4, 0.5) is 18.9 Å². The van der Waals surface area contributed by atoms with Crippen molar-refractivity contribution in [2.75, 3.05) is 23.3 Å². The quantitative estimate of drug-likeness (QED) is 0.651. The highest BCUT2D eigenvalue weighted by Crippen LogP contribution is 2.32. The molecule has 3 rings (SSSR count). The normalized spacial score (nSPS) is 12.0. The molecule has 0 saturated heterocycles. The number of aromatic nitrogens is 2. The second kappa shape index (κ2) is 7.78. The van der Waals surface area contributed by atoms with Gasteiger partial charge in [-0.2, -0.15) is 31.2 Å². The van der Waals surface area contributed by atoms with E-state index in [0.29, 0.717) is 16.9 Å². The number of hydrogen-bond donors (Lipinski definition) is 1. The molecule has 0 atom stereocenters. The Morgan fingerprint density at radius 1 is 1.07 bits per heavy atom. The first-order valence-electron chi connectivity index (χ1n) is 8.68. The first-order chi connectivity index (χ1) is 13.6. The molecule has 1 N–H and O–H groups in total. The first kappa shape index (κ1) is 20.7. The highest BCUT2D eigenvalue weighted by molar-refractivity contribution is 7.92. The summed E-state index contributed by atoms with van der Waals surface area (Å²) >= 11 is 0. The van der Waals surface area contributed by atoms with Crippen LogP contribution >= 0.6 is 0 Å². The Kier molecular flexibility index (Phi) is 5.56. The van der Waals surface area contributed by atoms with E-state index >= 15 is 0 Å². The van der Waals surface area contributed by atoms with Crippen LogP contribution < -0.4 is 9.73 Å². The van der Waals surface area contributed by atoms with Crippen molar-refractivity contribution in [2.45, 2.75) is 18.0 Å². The molecule has 0 amide bonds. The highest BCUT2D eigenvalue weighted by Gasteiger charge is 2.35. The van der Waals surface area contributed by atoms with Crippen LogP contribution in [-0.2, 0) is 16.2 Å². The van der Waals surface area contributed by atoms with E-state index in [2.05, 4.69) is 9.93 Å². The van der Waals surface area contributed by atoms with Crippen molar-refractivity contribution in [1.82, 2.24) is 9.89 Å². The molecule has 0 fully saturated rings. The lowest BCUT2D eigenvalue weighted by Crippen LogP contribution is -2.25. The maximum Gasteiger partial charge on any atom is 0.435 e. The van der Waals surface area contributed by atoms with E-state index in [1.54, 1.807) is 24.3 Å². The van der Waals surface area contributed by atoms with E-state index in [4.69, 9.17) is 0 Å². The monoisotopic (exact) mass is 424 g/mol. The molecular weight excluding hydrogens is 405 g/mol. The summed E-state index contributed by atoms with van der Waals surface area (Å²) in [6, 6.07) is 14.9. The maximum atomic E-state index is 13.3. The summed E-state index contributed by atoms with van der Waals surface area (Å²) in [5.41, 5.74) is -0.0560. The first-order valence-corrected chi connectivity index (χ1v) is 10.2. The third kappa shape index (κ3) is 4.53. The van der Waals surface area contributed by atoms with Crippen LogP contribution in [0.3, 0.4) is 0 Å². The predicted molar refractivity (Wildman–Crippen MR) is 105 cm³/mol. The van der Waals surface area contributed by atoms with Crippen molar-refractivity contribution in [2.24, 2.45) is 0 Å². The summed E-state index contributed by atoms with van der Waals surface area (Å²) in [5.74, 6) is 0. The smallest absolute Gasteiger partial charge is 0.375 e. The molecule has 0 aliphatic carbocycles. The molecule has 29 heavy (non-hydrogen) atoms. The van der Waals surface area contributed by atoms with E-state index in [9.17, 15) is 21.6 Å². The standard InChI is InChI=1S/C19H19F3N4O2S/c1-3-25(2)15-9-7-8-14(12-15)17-13-18(19(20,21)22)23-26(17)24-29(27,28)16-10-5-4-6-11-16/h4-13,24H,3H2,1-2H3. The zero-order valence-electron chi connectivity index (χ0n) is 15.7. The Morgan fingerprint density at radius 3 is 2.38 bits per heavy atom. The third-order valence-corrected chi connectivity index (χ3v) is 5.62. The topological polar surface area (TPSA) is 67.2 Å². The van der Waals surface area contributed by atoms with Crippen LogP contribution in [0.25, 0.3) is 11.3 Å². The van der Waals surface area contributed by atoms with Crippen molar-refractivity contribution in [3.8, 4) is 11.3 Å². The molecule has 2 aromatic carbocycles. The molecule has 0 aliphatic rings. The van der Waals surface area contributed by atoms with Gasteiger partial charge in [0.15, 0.2) is 5.69 Å². The maximum absolute atomic E-state index is 13.3. The third-order valence-electron chi connectivity index (χ3n) is 4.32. The van der Waals surface area contributed by atoms with Crippen LogP contribution in [0.15, 0.2) is 65.6 Å². The van der Waals surface area contributed by atoms with Gasteiger partial charge >= 0.3 is 6.18 Å². The fourth-order valence-corrected chi connectivity index (χ4v) is 3.63. The fraction of sp³-hybridized carbons (Fsp3) is 0.211. The molecular formula is C19H19F3N4O2S. The summed E-state index contributed by atoms with van der Waals surface area (Å²) < 4.78 is 65.0. The minimum absolute atomic E-state index is 0.0248. The number of nitrogens with one attached hydrogen (secondary N) is 1. The Labute approximate surface area is 166 Å². The lowest BCUT2D eigenvalue weighted by molar-refractivity contribution is -0.141. The van der Waals surface area contributed by atoms with E-state index < -0.39 is 21.9 Å². The summed E-state index contributed by atoms with van der Waals surface area (Å²) in [7, 11) is -2.29. The van der Waals surface area contributed by atoms with Crippen molar-refractivity contribution < 1.29 is 21.6 Å². The molecule has 0 unspecified atom stereocenters. The lowest BCUT2D eigenvalue weighted by atomic mass is 10.1. The average molecular weight is 424 g/mol. The number of nitrogens with zero attached hydrogens (tertiary/aromatic N) is 3. The van der Waals surface area contributed by atoms with Gasteiger partial charge in [-0.1, -0.05) is 30.3 Å². The summed E-state index contributed by atoms with van der Waals surface area (Å²) in [4.78, 5) is 4.59. The second-order valence-corrected chi connectivity index (χ2v) is 7.96. The van der Waals surface area contributed by atoms with Crippen molar-refractivity contribution in [3.05, 3.63) is 66.4 Å². The largest absolute Gasteiger partial charge is 0.435 e. The number of benzene rings is 2. The minimum atomic E-state index is -4.73. The summed E-state index contributed by atoms with van der Waals surface area (Å²) in [6.07, 6.45) is -4.73. The zero-order valence-corrected chi connectivity index (χ0v) is 16.5. The molecule has 0 saturated carbocycles. The van der Waals surface area contributed by atoms with Gasteiger partial charge in [0.2, 0.25) is 0 Å². The van der Waals surface area contributed by atoms with Crippen molar-refractivity contribution >= 4 is 15.7 Å². The fourth-order valence-electron chi connectivity index (χ4n) is 2.65. The van der Waals surface area contributed by atoms with Crippen LogP contribution in [0.5, 0.6) is 0 Å². The Bertz CT molecular complexity index is 1100. The number of anilines is 1. The molecule has 0 spiro atoms. The van der Waals surface area contributed by atoms with Crippen LogP contribution in [-0.4, -0.2) is 31.9 Å². The minimum Gasteiger partial charge on any atom is -0.375 e. The van der Waals surface area contributed by atoms with Gasteiger partial charge in [0, 0.05) is 24.8 Å². The number of hydrogen-bond acceptors (Lipinski definition) is 4. The Hall–Kier alpha value is -3.01.